The molecule has 0 spiro atoms. The average molecular weight is 183 g/mol. The molecule has 76 valence electrons. The van der Waals surface area contributed by atoms with E-state index in [9.17, 15) is 5.11 Å². The van der Waals surface area contributed by atoms with Gasteiger partial charge in [-0.1, -0.05) is 45.4 Å². The van der Waals surface area contributed by atoms with Crippen LogP contribution in [0.3, 0.4) is 0 Å². The second kappa shape index (κ2) is 9.54. The Morgan fingerprint density at radius 1 is 1.15 bits per heavy atom. The van der Waals surface area contributed by atoms with Crippen LogP contribution in [0.25, 0.3) is 0 Å². The van der Waals surface area contributed by atoms with E-state index < -0.39 is 6.10 Å². The van der Waals surface area contributed by atoms with Crippen molar-refractivity contribution in [3.8, 4) is 6.07 Å². The lowest BCUT2D eigenvalue weighted by Crippen LogP contribution is -2.04. The molecule has 0 amide bonds. The predicted octanol–water partition coefficient (Wildman–Crippen LogP) is 3.01. The molecule has 0 heterocycles. The highest BCUT2D eigenvalue weighted by atomic mass is 16.3. The van der Waals surface area contributed by atoms with E-state index in [1.54, 1.807) is 0 Å². The molecule has 0 unspecified atom stereocenters. The van der Waals surface area contributed by atoms with Crippen LogP contribution in [0, 0.1) is 11.3 Å². The highest BCUT2D eigenvalue weighted by molar-refractivity contribution is 4.74. The van der Waals surface area contributed by atoms with E-state index in [0.29, 0.717) is 0 Å². The van der Waals surface area contributed by atoms with E-state index in [0.717, 1.165) is 12.8 Å². The van der Waals surface area contributed by atoms with Gasteiger partial charge in [0.15, 0.2) is 0 Å². The molecular weight excluding hydrogens is 162 g/mol. The first kappa shape index (κ1) is 12.4. The Morgan fingerprint density at radius 3 is 2.38 bits per heavy atom. The van der Waals surface area contributed by atoms with Crippen LogP contribution < -0.4 is 0 Å². The summed E-state index contributed by atoms with van der Waals surface area (Å²) < 4.78 is 0. The zero-order valence-corrected chi connectivity index (χ0v) is 8.63. The summed E-state index contributed by atoms with van der Waals surface area (Å²) in [5, 5.41) is 17.5. The minimum Gasteiger partial charge on any atom is -0.392 e. The smallest absolute Gasteiger partial charge is 0.0670 e. The quantitative estimate of drug-likeness (QED) is 0.588. The van der Waals surface area contributed by atoms with E-state index in [4.69, 9.17) is 5.26 Å². The van der Waals surface area contributed by atoms with Crippen molar-refractivity contribution in [3.05, 3.63) is 0 Å². The Bertz CT molecular complexity index is 140. The van der Waals surface area contributed by atoms with Crippen molar-refractivity contribution in [2.45, 2.75) is 64.4 Å². The molecule has 0 radical (unpaired) electrons. The normalized spacial score (nSPS) is 12.4. The maximum atomic E-state index is 9.23. The van der Waals surface area contributed by atoms with Crippen LogP contribution in [-0.2, 0) is 0 Å². The van der Waals surface area contributed by atoms with Gasteiger partial charge in [0, 0.05) is 0 Å². The lowest BCUT2D eigenvalue weighted by Gasteiger charge is -2.05. The Labute approximate surface area is 81.6 Å². The maximum Gasteiger partial charge on any atom is 0.0670 e. The Hall–Kier alpha value is -0.550. The van der Waals surface area contributed by atoms with Gasteiger partial charge in [-0.15, -0.1) is 0 Å². The van der Waals surface area contributed by atoms with Crippen molar-refractivity contribution >= 4 is 0 Å². The van der Waals surface area contributed by atoms with Crippen LogP contribution in [0.15, 0.2) is 0 Å². The third-order valence-corrected chi connectivity index (χ3v) is 2.22. The van der Waals surface area contributed by atoms with Gasteiger partial charge < -0.3 is 5.11 Å². The zero-order chi connectivity index (χ0) is 9.94. The number of aliphatic hydroxyl groups is 1. The molecule has 0 aliphatic heterocycles. The fourth-order valence-corrected chi connectivity index (χ4v) is 1.37. The number of hydrogen-bond donors (Lipinski definition) is 1. The molecule has 13 heavy (non-hydrogen) atoms. The van der Waals surface area contributed by atoms with Crippen LogP contribution in [-0.4, -0.2) is 11.2 Å². The molecule has 0 bridgehead atoms. The molecular formula is C11H21NO. The number of hydrogen-bond acceptors (Lipinski definition) is 2. The molecule has 2 heteroatoms. The minimum absolute atomic E-state index is 0.287. The van der Waals surface area contributed by atoms with Crippen molar-refractivity contribution in [2.24, 2.45) is 0 Å². The Balaban J connectivity index is 3.03. The van der Waals surface area contributed by atoms with Gasteiger partial charge in [0.05, 0.1) is 18.6 Å². The molecule has 0 fully saturated rings. The number of aliphatic hydroxyl groups excluding tert-OH is 1. The van der Waals surface area contributed by atoms with E-state index in [1.165, 1.54) is 32.1 Å². The zero-order valence-electron chi connectivity index (χ0n) is 8.63. The van der Waals surface area contributed by atoms with Crippen molar-refractivity contribution in [3.63, 3.8) is 0 Å². The van der Waals surface area contributed by atoms with Gasteiger partial charge in [-0.25, -0.2) is 0 Å². The van der Waals surface area contributed by atoms with E-state index >= 15 is 0 Å². The Morgan fingerprint density at radius 2 is 1.77 bits per heavy atom. The molecule has 0 aromatic rings. The number of nitrogens with zero attached hydrogens (tertiary/aromatic N) is 1. The fraction of sp³-hybridized carbons (Fsp3) is 0.909. The highest BCUT2D eigenvalue weighted by Crippen LogP contribution is 2.09. The van der Waals surface area contributed by atoms with Crippen molar-refractivity contribution in [2.75, 3.05) is 0 Å². The first-order valence-electron chi connectivity index (χ1n) is 5.36. The van der Waals surface area contributed by atoms with Gasteiger partial charge in [0.25, 0.3) is 0 Å². The molecule has 0 aliphatic rings. The summed E-state index contributed by atoms with van der Waals surface area (Å²) in [7, 11) is 0. The molecule has 0 aromatic carbocycles. The van der Waals surface area contributed by atoms with Crippen LogP contribution in [0.4, 0.5) is 0 Å². The average Bonchev–Trinajstić information content (AvgIpc) is 2.11. The summed E-state index contributed by atoms with van der Waals surface area (Å²) in [5.41, 5.74) is 0. The summed E-state index contributed by atoms with van der Waals surface area (Å²) in [6.07, 6.45) is 8.12. The summed E-state index contributed by atoms with van der Waals surface area (Å²) >= 11 is 0. The fourth-order valence-electron chi connectivity index (χ4n) is 1.37. The van der Waals surface area contributed by atoms with Crippen molar-refractivity contribution in [1.29, 1.82) is 5.26 Å². The number of rotatable bonds is 8. The molecule has 2 nitrogen and oxygen atoms in total. The minimum atomic E-state index is -0.392. The topological polar surface area (TPSA) is 44.0 Å². The summed E-state index contributed by atoms with van der Waals surface area (Å²) in [5.74, 6) is 0. The van der Waals surface area contributed by atoms with Crippen LogP contribution >= 0.6 is 0 Å². The Kier molecular flexibility index (Phi) is 9.13. The van der Waals surface area contributed by atoms with Gasteiger partial charge in [-0.2, -0.15) is 5.26 Å². The first-order chi connectivity index (χ1) is 6.31. The van der Waals surface area contributed by atoms with Gasteiger partial charge in [0.1, 0.15) is 0 Å². The summed E-state index contributed by atoms with van der Waals surface area (Å²) in [6.45, 7) is 2.21. The van der Waals surface area contributed by atoms with Crippen LogP contribution in [0.1, 0.15) is 58.3 Å². The third-order valence-electron chi connectivity index (χ3n) is 2.22. The maximum absolute atomic E-state index is 9.23. The highest BCUT2D eigenvalue weighted by Gasteiger charge is 2.01. The van der Waals surface area contributed by atoms with Gasteiger partial charge >= 0.3 is 0 Å². The number of unbranched alkanes of at least 4 members (excludes halogenated alkanes) is 5. The molecule has 1 N–H and O–H groups in total. The van der Waals surface area contributed by atoms with Gasteiger partial charge in [0.2, 0.25) is 0 Å². The molecule has 0 aliphatic carbocycles. The number of nitriles is 1. The summed E-state index contributed by atoms with van der Waals surface area (Å²) in [4.78, 5) is 0. The SMILES string of the molecule is CCCCCCCC[C@H](O)CC#N. The van der Waals surface area contributed by atoms with E-state index in [1.807, 2.05) is 6.07 Å². The van der Waals surface area contributed by atoms with Crippen LogP contribution in [0.2, 0.25) is 0 Å². The molecule has 1 atom stereocenters. The molecule has 0 saturated carbocycles. The molecule has 0 saturated heterocycles. The lowest BCUT2D eigenvalue weighted by atomic mass is 10.1. The molecule has 0 rings (SSSR count). The van der Waals surface area contributed by atoms with Crippen molar-refractivity contribution in [1.82, 2.24) is 0 Å². The largest absolute Gasteiger partial charge is 0.392 e. The van der Waals surface area contributed by atoms with Gasteiger partial charge in [-0.05, 0) is 6.42 Å². The van der Waals surface area contributed by atoms with Gasteiger partial charge in [-0.3, -0.25) is 0 Å². The van der Waals surface area contributed by atoms with E-state index in [-0.39, 0.29) is 6.42 Å². The third kappa shape index (κ3) is 9.36. The second-order valence-electron chi connectivity index (χ2n) is 3.57. The first-order valence-corrected chi connectivity index (χ1v) is 5.36. The van der Waals surface area contributed by atoms with Crippen molar-refractivity contribution < 1.29 is 5.11 Å². The second-order valence-corrected chi connectivity index (χ2v) is 3.57. The lowest BCUT2D eigenvalue weighted by molar-refractivity contribution is 0.165. The van der Waals surface area contributed by atoms with Crippen LogP contribution in [0.5, 0.6) is 0 Å². The molecule has 0 aromatic heterocycles. The monoisotopic (exact) mass is 183 g/mol. The summed E-state index contributed by atoms with van der Waals surface area (Å²) in [6, 6.07) is 1.98. The van der Waals surface area contributed by atoms with E-state index in [2.05, 4.69) is 6.92 Å². The predicted molar refractivity (Wildman–Crippen MR) is 54.2 cm³/mol. The standard InChI is InChI=1S/C11H21NO/c1-2-3-4-5-6-7-8-11(13)9-10-12/h11,13H,2-9H2,1H3/t11-/m0/s1.